The van der Waals surface area contributed by atoms with E-state index >= 15 is 0 Å². The molecule has 3 rings (SSSR count). The molecule has 0 saturated carbocycles. The number of hydrogen-bond donors (Lipinski definition) is 8. The lowest BCUT2D eigenvalue weighted by atomic mass is 9.96. The molecule has 374 valence electrons. The average molecular weight is 996 g/mol. The highest BCUT2D eigenvalue weighted by Crippen LogP contribution is 2.42. The Balaban J connectivity index is 1.72. The number of aliphatic imine (C=N–C) groups is 1. The van der Waals surface area contributed by atoms with Crippen molar-refractivity contribution in [2.75, 3.05) is 41.8 Å². The highest BCUT2D eigenvalue weighted by atomic mass is 32.2. The molecule has 3 aromatic rings. The Morgan fingerprint density at radius 2 is 1.07 bits per heavy atom. The summed E-state index contributed by atoms with van der Waals surface area (Å²) in [6.45, 7) is 0.685. The predicted molar refractivity (Wildman–Crippen MR) is 259 cm³/mol. The number of nitrogens with two attached hydrogens (primary N) is 5. The van der Waals surface area contributed by atoms with Gasteiger partial charge in [-0.2, -0.15) is 26.3 Å². The quantitative estimate of drug-likeness (QED) is 0.00752. The van der Waals surface area contributed by atoms with Gasteiger partial charge in [0, 0.05) is 79.3 Å². The number of alkyl halides is 6. The van der Waals surface area contributed by atoms with Crippen LogP contribution < -0.4 is 39.3 Å². The van der Waals surface area contributed by atoms with E-state index in [1.165, 1.54) is 36.0 Å². The van der Waals surface area contributed by atoms with Gasteiger partial charge < -0.3 is 39.3 Å². The zero-order valence-electron chi connectivity index (χ0n) is 38.0. The molecule has 68 heavy (non-hydrogen) atoms. The van der Waals surface area contributed by atoms with E-state index in [1.807, 2.05) is 0 Å². The molecule has 3 aromatic carbocycles. The number of guanidine groups is 1. The van der Waals surface area contributed by atoms with Crippen LogP contribution in [0.4, 0.5) is 37.7 Å². The summed E-state index contributed by atoms with van der Waals surface area (Å²) in [6, 6.07) is 9.21. The van der Waals surface area contributed by atoms with Gasteiger partial charge >= 0.3 is 12.4 Å². The fourth-order valence-corrected chi connectivity index (χ4v) is 8.97. The predicted octanol–water partition coefficient (Wildman–Crippen LogP) is 9.22. The molecular weight excluding hydrogens is 933 g/mol. The number of nitrogens with one attached hydrogen (secondary N) is 3. The Morgan fingerprint density at radius 1 is 0.588 bits per heavy atom. The van der Waals surface area contributed by atoms with Gasteiger partial charge in [-0.15, -0.1) is 23.5 Å². The van der Waals surface area contributed by atoms with Crippen LogP contribution in [-0.2, 0) is 34.8 Å². The highest BCUT2D eigenvalue weighted by Gasteiger charge is 2.34. The van der Waals surface area contributed by atoms with Crippen molar-refractivity contribution < 1.29 is 45.5 Å². The van der Waals surface area contributed by atoms with E-state index in [1.54, 1.807) is 0 Å². The van der Waals surface area contributed by atoms with Crippen LogP contribution in [0.2, 0.25) is 0 Å². The van der Waals surface area contributed by atoms with Crippen LogP contribution >= 0.6 is 23.5 Å². The van der Waals surface area contributed by atoms with E-state index < -0.39 is 35.3 Å². The second-order valence-electron chi connectivity index (χ2n) is 16.1. The monoisotopic (exact) mass is 995 g/mol. The average Bonchev–Trinajstić information content (AvgIpc) is 3.26. The van der Waals surface area contributed by atoms with Crippen molar-refractivity contribution in [3.63, 3.8) is 0 Å². The molecule has 13 N–H and O–H groups in total. The lowest BCUT2D eigenvalue weighted by Gasteiger charge is -2.19. The van der Waals surface area contributed by atoms with Crippen LogP contribution in [0.25, 0.3) is 0 Å². The zero-order valence-corrected chi connectivity index (χ0v) is 39.7. The smallest absolute Gasteiger partial charge is 0.388 e. The lowest BCUT2D eigenvalue weighted by Crippen LogP contribution is -2.23. The molecule has 0 saturated heterocycles. The van der Waals surface area contributed by atoms with Crippen molar-refractivity contribution in [2.45, 2.75) is 125 Å². The fourth-order valence-electron chi connectivity index (χ4n) is 7.10. The lowest BCUT2D eigenvalue weighted by molar-refractivity contribution is -0.138. The van der Waals surface area contributed by atoms with Crippen molar-refractivity contribution in [3.05, 3.63) is 81.9 Å². The Hall–Kier alpha value is -5.12. The highest BCUT2D eigenvalue weighted by molar-refractivity contribution is 7.99. The largest absolute Gasteiger partial charge is 0.416 e. The summed E-state index contributed by atoms with van der Waals surface area (Å²) in [6.07, 6.45) is -2.35. The summed E-state index contributed by atoms with van der Waals surface area (Å²) in [5.41, 5.74) is 26.3. The third-order valence-electron chi connectivity index (χ3n) is 10.5. The van der Waals surface area contributed by atoms with Crippen LogP contribution in [0.15, 0.2) is 63.3 Å². The molecule has 0 aliphatic heterocycles. The number of nitrogens with zero attached hydrogens (tertiary/aromatic N) is 1. The SMILES string of the molecule is N=C(N)CCCCCCCC(=O)CCCc1cc(C(F)(F)F)cc(CCCC(=O)c2ccc(C(=O)Nc3cc(C(F)(F)F)cc(NC(=O)CCCCN=C(N)N)c3SCCN)cc2)c1SCCN. The number of amidine groups is 1. The van der Waals surface area contributed by atoms with E-state index in [-0.39, 0.29) is 115 Å². The minimum Gasteiger partial charge on any atom is -0.388 e. The maximum Gasteiger partial charge on any atom is 0.416 e. The Bertz CT molecular complexity index is 2180. The minimum absolute atomic E-state index is 0.0114. The van der Waals surface area contributed by atoms with Gasteiger partial charge in [0.25, 0.3) is 5.91 Å². The Kier molecular flexibility index (Phi) is 24.4. The molecule has 0 fully saturated rings. The third kappa shape index (κ3) is 20.6. The summed E-state index contributed by atoms with van der Waals surface area (Å²) in [5.74, 6) is -0.923. The normalized spacial score (nSPS) is 11.6. The molecule has 0 aliphatic rings. The Morgan fingerprint density at radius 3 is 1.63 bits per heavy atom. The number of Topliss-reactive ketones (excluding diaryl/α,β-unsaturated/α-hetero) is 2. The molecule has 0 heterocycles. The number of benzene rings is 3. The number of aryl methyl sites for hydroxylation is 2. The van der Waals surface area contributed by atoms with Gasteiger partial charge in [-0.25, -0.2) is 0 Å². The molecule has 0 atom stereocenters. The number of carbonyl (C=O) groups excluding carboxylic acids is 4. The van der Waals surface area contributed by atoms with Crippen LogP contribution in [0.3, 0.4) is 0 Å². The number of amides is 2. The Labute approximate surface area is 401 Å². The zero-order chi connectivity index (χ0) is 50.3. The summed E-state index contributed by atoms with van der Waals surface area (Å²) < 4.78 is 84.8. The van der Waals surface area contributed by atoms with Crippen LogP contribution in [0.5, 0.6) is 0 Å². The van der Waals surface area contributed by atoms with E-state index in [2.05, 4.69) is 15.6 Å². The van der Waals surface area contributed by atoms with Crippen molar-refractivity contribution in [1.82, 2.24) is 0 Å². The molecule has 21 heteroatoms. The van der Waals surface area contributed by atoms with E-state index in [0.717, 1.165) is 68.1 Å². The van der Waals surface area contributed by atoms with Crippen LogP contribution in [0, 0.1) is 5.41 Å². The number of rotatable bonds is 31. The number of carbonyl (C=O) groups is 4. The maximum absolute atomic E-state index is 14.2. The first kappa shape index (κ1) is 57.2. The number of anilines is 2. The standard InChI is InChI=1S/C47H63F6N9O4S2/c48-46(49,50)34-26-32(10-8-13-36(63)12-4-2-1-3-5-15-40(56)57)42(67-24-21-54)33(27-34)11-9-14-39(64)30-17-19-31(20-18-30)44(66)62-38-29-35(47(51,52)53)28-37(43(38)68-25-22-55)61-41(65)16-6-7-23-60-45(58)59/h17-20,26-29H,1-16,21-25,54-55H2,(H3,56,57)(H,61,65)(H,62,66)(H4,58,59,60). The van der Waals surface area contributed by atoms with Crippen molar-refractivity contribution in [2.24, 2.45) is 33.7 Å². The van der Waals surface area contributed by atoms with E-state index in [4.69, 9.17) is 34.1 Å². The van der Waals surface area contributed by atoms with E-state index in [0.29, 0.717) is 53.9 Å². The molecule has 0 radical (unpaired) electrons. The van der Waals surface area contributed by atoms with Gasteiger partial charge in [0.2, 0.25) is 5.91 Å². The van der Waals surface area contributed by atoms with Gasteiger partial charge in [0.15, 0.2) is 11.7 Å². The van der Waals surface area contributed by atoms with Gasteiger partial charge in [0.1, 0.15) is 5.78 Å². The summed E-state index contributed by atoms with van der Waals surface area (Å²) in [4.78, 5) is 56.9. The number of thioether (sulfide) groups is 2. The van der Waals surface area contributed by atoms with Gasteiger partial charge in [-0.3, -0.25) is 29.6 Å². The molecule has 0 aliphatic carbocycles. The molecule has 0 spiro atoms. The molecule has 2 amide bonds. The van der Waals surface area contributed by atoms with Crippen LogP contribution in [0.1, 0.15) is 133 Å². The number of hydrogen-bond acceptors (Lipinski definition) is 10. The van der Waals surface area contributed by atoms with Gasteiger partial charge in [0.05, 0.1) is 33.2 Å². The first-order valence-electron chi connectivity index (χ1n) is 22.5. The topological polar surface area (TPSA) is 259 Å². The molecule has 0 unspecified atom stereocenters. The van der Waals surface area contributed by atoms with Gasteiger partial charge in [-0.05, 0) is 98.9 Å². The molecular formula is C47H63F6N9O4S2. The molecule has 0 bridgehead atoms. The summed E-state index contributed by atoms with van der Waals surface area (Å²) in [5, 5.41) is 12.3. The maximum atomic E-state index is 14.2. The van der Waals surface area contributed by atoms with Crippen molar-refractivity contribution in [1.29, 1.82) is 5.41 Å². The second kappa shape index (κ2) is 29.0. The summed E-state index contributed by atoms with van der Waals surface area (Å²) in [7, 11) is 0. The number of halogens is 6. The fraction of sp³-hybridized carbons (Fsp3) is 0.489. The van der Waals surface area contributed by atoms with E-state index in [9.17, 15) is 45.5 Å². The third-order valence-corrected chi connectivity index (χ3v) is 12.9. The first-order valence-corrected chi connectivity index (χ1v) is 24.5. The second-order valence-corrected chi connectivity index (χ2v) is 18.3. The summed E-state index contributed by atoms with van der Waals surface area (Å²) >= 11 is 2.38. The van der Waals surface area contributed by atoms with Gasteiger partial charge in [-0.1, -0.05) is 31.4 Å². The first-order chi connectivity index (χ1) is 32.2. The number of ketones is 2. The van der Waals surface area contributed by atoms with Crippen molar-refractivity contribution >= 4 is 70.1 Å². The minimum atomic E-state index is -4.84. The molecule has 0 aromatic heterocycles. The van der Waals surface area contributed by atoms with Crippen LogP contribution in [-0.4, -0.2) is 66.3 Å². The molecule has 13 nitrogen and oxygen atoms in total. The number of unbranched alkanes of at least 4 members (excludes halogenated alkanes) is 5. The van der Waals surface area contributed by atoms with Crippen molar-refractivity contribution in [3.8, 4) is 0 Å².